The van der Waals surface area contributed by atoms with Crippen molar-refractivity contribution in [2.24, 2.45) is 0 Å². The number of unbranched alkanes of at least 4 members (excludes halogenated alkanes) is 1. The first kappa shape index (κ1) is 20.6. The van der Waals surface area contributed by atoms with Gasteiger partial charge in [-0.2, -0.15) is 0 Å². The van der Waals surface area contributed by atoms with E-state index in [1.807, 2.05) is 6.92 Å². The lowest BCUT2D eigenvalue weighted by molar-refractivity contribution is -0.139. The number of carbonyl (C=O) groups is 2. The number of phenolic OH excluding ortho intramolecular Hbond substituents is 1. The molecule has 8 heteroatoms. The van der Waals surface area contributed by atoms with Crippen LogP contribution in [0, 0.1) is 0 Å². The number of phenols is 1. The standard InChI is InChI=1S/C23H23NO7/c1-3-4-9-24-20(13-5-7-16(29-2)15(25)10-13)19(22(27)23(24)28)21(26)14-6-8-17-18(11-14)31-12-30-17/h5-8,10-11,20,25-26H,3-4,9,12H2,1-2H3/b21-19-. The predicted molar refractivity (Wildman–Crippen MR) is 111 cm³/mol. The summed E-state index contributed by atoms with van der Waals surface area (Å²) in [6.07, 6.45) is 1.52. The van der Waals surface area contributed by atoms with E-state index in [1.54, 1.807) is 30.3 Å². The molecule has 1 atom stereocenters. The van der Waals surface area contributed by atoms with Gasteiger partial charge in [0.25, 0.3) is 11.7 Å². The van der Waals surface area contributed by atoms with Crippen LogP contribution in [0.5, 0.6) is 23.0 Å². The van der Waals surface area contributed by atoms with Crippen LogP contribution < -0.4 is 14.2 Å². The summed E-state index contributed by atoms with van der Waals surface area (Å²) in [5.74, 6) is -0.632. The van der Waals surface area contributed by atoms with Crippen molar-refractivity contribution in [3.8, 4) is 23.0 Å². The van der Waals surface area contributed by atoms with E-state index >= 15 is 0 Å². The number of Topliss-reactive ketones (excluding diaryl/α,β-unsaturated/α-hetero) is 1. The summed E-state index contributed by atoms with van der Waals surface area (Å²) in [5, 5.41) is 21.4. The summed E-state index contributed by atoms with van der Waals surface area (Å²) >= 11 is 0. The van der Waals surface area contributed by atoms with Gasteiger partial charge in [-0.1, -0.05) is 19.4 Å². The number of benzene rings is 2. The fraction of sp³-hybridized carbons (Fsp3) is 0.304. The SMILES string of the molecule is CCCCN1C(=O)C(=O)/C(=C(\O)c2ccc3c(c2)OCO3)C1c1ccc(OC)c(O)c1. The Labute approximate surface area is 179 Å². The lowest BCUT2D eigenvalue weighted by Gasteiger charge is -2.25. The van der Waals surface area contributed by atoms with Crippen LogP contribution in [0.2, 0.25) is 0 Å². The second-order valence-corrected chi connectivity index (χ2v) is 7.35. The van der Waals surface area contributed by atoms with Crippen LogP contribution >= 0.6 is 0 Å². The molecule has 0 saturated carbocycles. The van der Waals surface area contributed by atoms with Gasteiger partial charge < -0.3 is 29.3 Å². The number of nitrogens with zero attached hydrogens (tertiary/aromatic N) is 1. The average Bonchev–Trinajstić information content (AvgIpc) is 3.34. The van der Waals surface area contributed by atoms with Gasteiger partial charge in [0, 0.05) is 12.1 Å². The van der Waals surface area contributed by atoms with Crippen molar-refractivity contribution in [2.75, 3.05) is 20.4 Å². The first-order chi connectivity index (χ1) is 15.0. The van der Waals surface area contributed by atoms with Gasteiger partial charge in [-0.15, -0.1) is 0 Å². The van der Waals surface area contributed by atoms with Crippen molar-refractivity contribution in [3.05, 3.63) is 53.1 Å². The first-order valence-electron chi connectivity index (χ1n) is 10.0. The van der Waals surface area contributed by atoms with E-state index in [2.05, 4.69) is 0 Å². The molecule has 8 nitrogen and oxygen atoms in total. The number of ketones is 1. The molecule has 1 amide bonds. The second kappa shape index (κ2) is 8.22. The van der Waals surface area contributed by atoms with Crippen molar-refractivity contribution < 1.29 is 34.0 Å². The molecule has 4 rings (SSSR count). The van der Waals surface area contributed by atoms with Crippen molar-refractivity contribution in [1.29, 1.82) is 0 Å². The van der Waals surface area contributed by atoms with E-state index in [1.165, 1.54) is 18.1 Å². The maximum Gasteiger partial charge on any atom is 0.295 e. The molecule has 1 saturated heterocycles. The summed E-state index contributed by atoms with van der Waals surface area (Å²) in [7, 11) is 1.43. The molecule has 162 valence electrons. The second-order valence-electron chi connectivity index (χ2n) is 7.35. The highest BCUT2D eigenvalue weighted by Crippen LogP contribution is 2.43. The molecule has 0 radical (unpaired) electrons. The minimum Gasteiger partial charge on any atom is -0.507 e. The van der Waals surface area contributed by atoms with Crippen molar-refractivity contribution >= 4 is 17.4 Å². The maximum absolute atomic E-state index is 13.0. The quantitative estimate of drug-likeness (QED) is 0.415. The highest BCUT2D eigenvalue weighted by atomic mass is 16.7. The summed E-state index contributed by atoms with van der Waals surface area (Å²) in [4.78, 5) is 27.2. The normalized spacial score (nSPS) is 19.2. The molecule has 2 heterocycles. The van der Waals surface area contributed by atoms with Crippen LogP contribution in [0.25, 0.3) is 5.76 Å². The number of rotatable bonds is 6. The molecular weight excluding hydrogens is 402 g/mol. The summed E-state index contributed by atoms with van der Waals surface area (Å²) < 4.78 is 15.8. The first-order valence-corrected chi connectivity index (χ1v) is 10.0. The Morgan fingerprint density at radius 1 is 1.16 bits per heavy atom. The Morgan fingerprint density at radius 3 is 2.65 bits per heavy atom. The van der Waals surface area contributed by atoms with Gasteiger partial charge in [0.05, 0.1) is 18.7 Å². The zero-order valence-corrected chi connectivity index (χ0v) is 17.3. The topological polar surface area (TPSA) is 106 Å². The third-order valence-corrected chi connectivity index (χ3v) is 5.46. The van der Waals surface area contributed by atoms with E-state index in [0.29, 0.717) is 35.6 Å². The molecule has 0 spiro atoms. The van der Waals surface area contributed by atoms with Crippen molar-refractivity contribution in [3.63, 3.8) is 0 Å². The van der Waals surface area contributed by atoms with Gasteiger partial charge in [0.1, 0.15) is 5.76 Å². The molecule has 2 aliphatic rings. The van der Waals surface area contributed by atoms with Gasteiger partial charge in [-0.25, -0.2) is 0 Å². The minimum atomic E-state index is -0.839. The third kappa shape index (κ3) is 3.54. The Kier molecular flexibility index (Phi) is 5.46. The molecular formula is C23H23NO7. The predicted octanol–water partition coefficient (Wildman–Crippen LogP) is 3.35. The molecule has 2 aromatic carbocycles. The van der Waals surface area contributed by atoms with E-state index in [4.69, 9.17) is 14.2 Å². The monoisotopic (exact) mass is 425 g/mol. The number of carbonyl (C=O) groups excluding carboxylic acids is 2. The number of likely N-dealkylation sites (tertiary alicyclic amines) is 1. The van der Waals surface area contributed by atoms with Crippen molar-refractivity contribution in [2.45, 2.75) is 25.8 Å². The highest BCUT2D eigenvalue weighted by Gasteiger charge is 2.46. The van der Waals surface area contributed by atoms with Gasteiger partial charge in [0.15, 0.2) is 23.0 Å². The fourth-order valence-electron chi connectivity index (χ4n) is 3.86. The van der Waals surface area contributed by atoms with Crippen molar-refractivity contribution in [1.82, 2.24) is 4.90 Å². The molecule has 2 N–H and O–H groups in total. The fourth-order valence-corrected chi connectivity index (χ4v) is 3.86. The van der Waals surface area contributed by atoms with Crippen LogP contribution in [0.4, 0.5) is 0 Å². The molecule has 0 aromatic heterocycles. The highest BCUT2D eigenvalue weighted by molar-refractivity contribution is 6.46. The number of hydrogen-bond acceptors (Lipinski definition) is 7. The summed E-state index contributed by atoms with van der Waals surface area (Å²) in [6.45, 7) is 2.40. The molecule has 1 unspecified atom stereocenters. The number of aliphatic hydroxyl groups is 1. The summed E-state index contributed by atoms with van der Waals surface area (Å²) in [5.41, 5.74) is 0.793. The Morgan fingerprint density at radius 2 is 1.94 bits per heavy atom. The Hall–Kier alpha value is -3.68. The molecule has 1 fully saturated rings. The van der Waals surface area contributed by atoms with Gasteiger partial charge in [-0.05, 0) is 42.3 Å². The number of aromatic hydroxyl groups is 1. The lowest BCUT2D eigenvalue weighted by atomic mass is 9.94. The third-order valence-electron chi connectivity index (χ3n) is 5.46. The maximum atomic E-state index is 13.0. The van der Waals surface area contributed by atoms with Crippen LogP contribution in [0.1, 0.15) is 36.9 Å². The zero-order chi connectivity index (χ0) is 22.1. The number of ether oxygens (including phenoxy) is 3. The number of methoxy groups -OCH3 is 1. The van der Waals surface area contributed by atoms with Gasteiger partial charge >= 0.3 is 0 Å². The molecule has 2 aliphatic heterocycles. The Balaban J connectivity index is 1.85. The Bertz CT molecular complexity index is 1080. The lowest BCUT2D eigenvalue weighted by Crippen LogP contribution is -2.30. The van der Waals surface area contributed by atoms with Gasteiger partial charge in [0.2, 0.25) is 6.79 Å². The van der Waals surface area contributed by atoms with E-state index in [0.717, 1.165) is 6.42 Å². The van der Waals surface area contributed by atoms with Gasteiger partial charge in [-0.3, -0.25) is 9.59 Å². The van der Waals surface area contributed by atoms with E-state index in [-0.39, 0.29) is 29.6 Å². The molecule has 0 bridgehead atoms. The van der Waals surface area contributed by atoms with Crippen LogP contribution in [0.15, 0.2) is 42.0 Å². The number of aliphatic hydroxyl groups excluding tert-OH is 1. The molecule has 31 heavy (non-hydrogen) atoms. The number of hydrogen-bond donors (Lipinski definition) is 2. The number of fused-ring (bicyclic) bond motifs is 1. The van der Waals surface area contributed by atoms with Crippen LogP contribution in [0.3, 0.4) is 0 Å². The minimum absolute atomic E-state index is 0.0375. The van der Waals surface area contributed by atoms with Crippen LogP contribution in [-0.2, 0) is 9.59 Å². The largest absolute Gasteiger partial charge is 0.507 e. The average molecular weight is 425 g/mol. The number of amides is 1. The van der Waals surface area contributed by atoms with Crippen LogP contribution in [-0.4, -0.2) is 47.3 Å². The smallest absolute Gasteiger partial charge is 0.295 e. The molecule has 2 aromatic rings. The van der Waals surface area contributed by atoms with E-state index in [9.17, 15) is 19.8 Å². The summed E-state index contributed by atoms with van der Waals surface area (Å²) in [6, 6.07) is 8.64. The van der Waals surface area contributed by atoms with E-state index < -0.39 is 17.7 Å². The zero-order valence-electron chi connectivity index (χ0n) is 17.3. The molecule has 0 aliphatic carbocycles.